The van der Waals surface area contributed by atoms with Gasteiger partial charge in [-0.2, -0.15) is 0 Å². The van der Waals surface area contributed by atoms with Crippen LogP contribution in [0.2, 0.25) is 0 Å². The van der Waals surface area contributed by atoms with Gasteiger partial charge < -0.3 is 24.1 Å². The maximum atomic E-state index is 14.4. The summed E-state index contributed by atoms with van der Waals surface area (Å²) >= 11 is 0. The number of nitrogens with one attached hydrogen (secondary N) is 2. The number of benzene rings is 1. The molecule has 3 aromatic rings. The summed E-state index contributed by atoms with van der Waals surface area (Å²) in [6.45, 7) is 15.4. The van der Waals surface area contributed by atoms with Crippen LogP contribution in [0.15, 0.2) is 42.6 Å². The van der Waals surface area contributed by atoms with Gasteiger partial charge in [0.05, 0.1) is 30.7 Å². The van der Waals surface area contributed by atoms with E-state index in [4.69, 9.17) is 19.2 Å². The third-order valence-corrected chi connectivity index (χ3v) is 12.7. The smallest absolute Gasteiger partial charge is 0.324 e. The molecule has 5 heterocycles. The molecular weight excluding hydrogens is 709 g/mol. The molecule has 1 saturated carbocycles. The molecule has 12 nitrogen and oxygen atoms in total. The molecular formula is C44H60N6O6. The minimum Gasteiger partial charge on any atom is -0.464 e. The number of nitrogens with zero attached hydrogens (tertiary/aromatic N) is 4. The van der Waals surface area contributed by atoms with E-state index in [0.717, 1.165) is 46.4 Å². The Balaban J connectivity index is 1.36. The summed E-state index contributed by atoms with van der Waals surface area (Å²) in [7, 11) is 3.41. The van der Waals surface area contributed by atoms with Crippen LogP contribution in [0, 0.1) is 23.2 Å². The van der Waals surface area contributed by atoms with E-state index < -0.39 is 17.5 Å². The summed E-state index contributed by atoms with van der Waals surface area (Å²) in [6, 6.07) is 9.36. The zero-order valence-electron chi connectivity index (χ0n) is 34.4. The number of methoxy groups -OCH3 is 2. The first-order chi connectivity index (χ1) is 26.8. The van der Waals surface area contributed by atoms with Crippen molar-refractivity contribution in [2.24, 2.45) is 23.2 Å². The predicted octanol–water partition coefficient (Wildman–Crippen LogP) is 5.54. The Morgan fingerprint density at radius 1 is 1.16 bits per heavy atom. The number of carbonyl (C=O) groups excluding carboxylic acids is 3. The largest absolute Gasteiger partial charge is 0.464 e. The first-order valence-corrected chi connectivity index (χ1v) is 20.5. The molecule has 2 N–H and O–H groups in total. The number of rotatable bonds is 8. The molecule has 7 rings (SSSR count). The number of hydrogen-bond acceptors (Lipinski definition) is 9. The molecule has 2 fully saturated rings. The molecule has 12 heteroatoms. The lowest BCUT2D eigenvalue weighted by Crippen LogP contribution is -2.62. The molecule has 8 atom stereocenters. The molecule has 2 unspecified atom stereocenters. The van der Waals surface area contributed by atoms with Gasteiger partial charge in [0.15, 0.2) is 0 Å². The first-order valence-electron chi connectivity index (χ1n) is 20.5. The average molecular weight is 769 g/mol. The summed E-state index contributed by atoms with van der Waals surface area (Å²) in [5.41, 5.74) is 10.3. The Morgan fingerprint density at radius 2 is 1.95 bits per heavy atom. The van der Waals surface area contributed by atoms with Crippen LogP contribution in [0.4, 0.5) is 0 Å². The van der Waals surface area contributed by atoms with Crippen LogP contribution in [0.3, 0.4) is 0 Å². The molecule has 3 aliphatic heterocycles. The van der Waals surface area contributed by atoms with E-state index in [-0.39, 0.29) is 54.3 Å². The zero-order valence-corrected chi connectivity index (χ0v) is 34.4. The molecule has 0 radical (unpaired) electrons. The molecule has 1 aliphatic carbocycles. The van der Waals surface area contributed by atoms with Crippen molar-refractivity contribution in [3.8, 4) is 11.3 Å². The van der Waals surface area contributed by atoms with E-state index in [0.29, 0.717) is 45.5 Å². The Bertz CT molecular complexity index is 1980. The molecule has 6 bridgehead atoms. The third kappa shape index (κ3) is 7.90. The molecule has 2 aromatic heterocycles. The van der Waals surface area contributed by atoms with Crippen molar-refractivity contribution in [1.29, 1.82) is 0 Å². The number of amides is 2. The van der Waals surface area contributed by atoms with Crippen molar-refractivity contribution >= 4 is 34.3 Å². The van der Waals surface area contributed by atoms with E-state index in [9.17, 15) is 14.4 Å². The highest BCUT2D eigenvalue weighted by atomic mass is 16.5. The minimum absolute atomic E-state index is 0.0111. The van der Waals surface area contributed by atoms with Crippen molar-refractivity contribution in [1.82, 2.24) is 30.2 Å². The summed E-state index contributed by atoms with van der Waals surface area (Å²) < 4.78 is 20.0. The van der Waals surface area contributed by atoms with Gasteiger partial charge in [-0.1, -0.05) is 39.8 Å². The molecule has 4 aliphatic rings. The molecule has 1 aromatic carbocycles. The molecule has 0 spiro atoms. The van der Waals surface area contributed by atoms with Crippen molar-refractivity contribution in [2.45, 2.75) is 98.0 Å². The van der Waals surface area contributed by atoms with Crippen LogP contribution in [-0.4, -0.2) is 102 Å². The standard InChI is InChI=1S/C44H60N6O6/c1-9-49-37-17-15-29-20-33(37)34(40(49)32-12-10-18-45-39(32)28(4)55-8)21-44(5,6)25-56-43(53)35-13-11-19-50(47-35)42(52)36(46-41(51)38-26(2)27(38)3)23-48-22-30(29)14-16-31(48)24-54-7/h10,12,14-15,17-18,20,26-28,31,35-36,38,47H,9,11,13,16,19,21-25H2,1-8H3,(H,46,51)/t26-,27+,28-,31+,35-,36-,38?/m0/s1. The van der Waals surface area contributed by atoms with Crippen LogP contribution in [0.1, 0.15) is 83.7 Å². The van der Waals surface area contributed by atoms with Gasteiger partial charge in [-0.15, -0.1) is 0 Å². The first kappa shape index (κ1) is 40.1. The number of hydrazine groups is 1. The second-order valence-electron chi connectivity index (χ2n) is 17.2. The summed E-state index contributed by atoms with van der Waals surface area (Å²) in [5, 5.41) is 5.84. The van der Waals surface area contributed by atoms with E-state index >= 15 is 0 Å². The SMILES string of the molecule is CCn1c(-c2cccnc2[C@H](C)OC)c2c3cc(ccc31)C1=CC[C@H](COC)N(C1)C[C@H](NC(=O)C1[C@@H](C)[C@H]1C)C(=O)N1CCC[C@H](N1)C(=O)OCC(C)(C)C2. The monoisotopic (exact) mass is 768 g/mol. The lowest BCUT2D eigenvalue weighted by molar-refractivity contribution is -0.155. The second kappa shape index (κ2) is 16.4. The predicted molar refractivity (Wildman–Crippen MR) is 216 cm³/mol. The zero-order chi connectivity index (χ0) is 39.9. The number of fused-ring (bicyclic) bond motifs is 6. The Kier molecular flexibility index (Phi) is 11.7. The number of hydrogen-bond donors (Lipinski definition) is 2. The Labute approximate surface area is 331 Å². The quantitative estimate of drug-likeness (QED) is 0.284. The van der Waals surface area contributed by atoms with Gasteiger partial charge in [0, 0.05) is 80.4 Å². The number of esters is 1. The maximum Gasteiger partial charge on any atom is 0.324 e. The topological polar surface area (TPSA) is 127 Å². The van der Waals surface area contributed by atoms with Crippen LogP contribution in [0.5, 0.6) is 0 Å². The maximum absolute atomic E-state index is 14.4. The fourth-order valence-corrected chi connectivity index (χ4v) is 9.15. The fourth-order valence-electron chi connectivity index (χ4n) is 9.15. The van der Waals surface area contributed by atoms with Crippen LogP contribution in [-0.2, 0) is 41.6 Å². The number of cyclic esters (lactones) is 1. The molecule has 2 amide bonds. The minimum atomic E-state index is -0.820. The lowest BCUT2D eigenvalue weighted by atomic mass is 9.84. The Hall–Kier alpha value is -4.10. The van der Waals surface area contributed by atoms with Gasteiger partial charge in [0.2, 0.25) is 5.91 Å². The lowest BCUT2D eigenvalue weighted by Gasteiger charge is -2.40. The highest BCUT2D eigenvalue weighted by Gasteiger charge is 2.49. The summed E-state index contributed by atoms with van der Waals surface area (Å²) in [5.74, 6) is -0.314. The van der Waals surface area contributed by atoms with Gasteiger partial charge in [0.1, 0.15) is 12.1 Å². The van der Waals surface area contributed by atoms with E-state index in [1.165, 1.54) is 16.1 Å². The molecule has 56 heavy (non-hydrogen) atoms. The van der Waals surface area contributed by atoms with Crippen molar-refractivity contribution in [2.75, 3.05) is 47.1 Å². The molecule has 1 saturated heterocycles. The van der Waals surface area contributed by atoms with Crippen LogP contribution in [0.25, 0.3) is 27.7 Å². The van der Waals surface area contributed by atoms with Gasteiger partial charge in [-0.05, 0) is 92.3 Å². The number of aromatic nitrogens is 2. The van der Waals surface area contributed by atoms with Crippen LogP contribution < -0.4 is 10.7 Å². The van der Waals surface area contributed by atoms with Gasteiger partial charge >= 0.3 is 5.97 Å². The number of ether oxygens (including phenoxy) is 3. The van der Waals surface area contributed by atoms with Crippen molar-refractivity contribution in [3.05, 3.63) is 59.4 Å². The third-order valence-electron chi connectivity index (χ3n) is 12.7. The molecule has 302 valence electrons. The van der Waals surface area contributed by atoms with Crippen LogP contribution >= 0.6 is 0 Å². The average Bonchev–Trinajstić information content (AvgIpc) is 3.69. The highest BCUT2D eigenvalue weighted by Crippen LogP contribution is 2.46. The number of pyridine rings is 1. The van der Waals surface area contributed by atoms with Crippen molar-refractivity contribution in [3.63, 3.8) is 0 Å². The van der Waals surface area contributed by atoms with Crippen molar-refractivity contribution < 1.29 is 28.6 Å². The van der Waals surface area contributed by atoms with E-state index in [1.54, 1.807) is 14.2 Å². The number of aryl methyl sites for hydroxylation is 1. The second-order valence-corrected chi connectivity index (χ2v) is 17.2. The number of carbonyl (C=O) groups is 3. The van der Waals surface area contributed by atoms with Gasteiger partial charge in [0.25, 0.3) is 5.91 Å². The fraction of sp³-hybridized carbons (Fsp3) is 0.591. The summed E-state index contributed by atoms with van der Waals surface area (Å²) in [4.78, 5) is 48.9. The van der Waals surface area contributed by atoms with E-state index in [2.05, 4.69) is 85.2 Å². The normalized spacial score (nSPS) is 28.6. The van der Waals surface area contributed by atoms with E-state index in [1.807, 2.05) is 19.2 Å². The van der Waals surface area contributed by atoms with Gasteiger partial charge in [-0.25, -0.2) is 5.43 Å². The Morgan fingerprint density at radius 3 is 2.66 bits per heavy atom. The summed E-state index contributed by atoms with van der Waals surface area (Å²) in [6.07, 6.45) is 6.46. The van der Waals surface area contributed by atoms with Gasteiger partial charge in [-0.3, -0.25) is 29.3 Å². The highest BCUT2D eigenvalue weighted by molar-refractivity contribution is 5.95.